The summed E-state index contributed by atoms with van der Waals surface area (Å²) < 4.78 is 0. The van der Waals surface area contributed by atoms with Crippen LogP contribution in [0, 0.1) is 17.2 Å². The van der Waals surface area contributed by atoms with Crippen LogP contribution in [0.15, 0.2) is 10.6 Å². The van der Waals surface area contributed by atoms with Crippen LogP contribution in [0.25, 0.3) is 0 Å². The van der Waals surface area contributed by atoms with Crippen LogP contribution in [0.2, 0.25) is 0 Å². The molecule has 0 aromatic heterocycles. The number of amidine groups is 1. The van der Waals surface area contributed by atoms with Gasteiger partial charge in [0, 0.05) is 10.8 Å². The van der Waals surface area contributed by atoms with Crippen LogP contribution < -0.4 is 5.32 Å². The van der Waals surface area contributed by atoms with E-state index in [9.17, 15) is 29.4 Å². The normalized spacial score (nSPS) is 28.7. The molecule has 10 nitrogen and oxygen atoms in total. The molecule has 146 valence electrons. The third-order valence-corrected chi connectivity index (χ3v) is 6.30. The molecule has 3 rings (SSSR count). The number of fused-ring (bicyclic) bond motifs is 1. The summed E-state index contributed by atoms with van der Waals surface area (Å²) in [5.41, 5.74) is -0.111. The van der Waals surface area contributed by atoms with E-state index in [-0.39, 0.29) is 36.3 Å². The average Bonchev–Trinajstić information content (AvgIpc) is 2.80. The molecule has 4 atom stereocenters. The molecule has 0 aromatic carbocycles. The molecule has 4 N–H and O–H groups in total. The van der Waals surface area contributed by atoms with Gasteiger partial charge >= 0.3 is 5.97 Å². The highest BCUT2D eigenvalue weighted by Gasteiger charge is 2.59. The number of aliphatic carboxylic acids is 1. The maximum absolute atomic E-state index is 12.3. The van der Waals surface area contributed by atoms with E-state index in [0.717, 1.165) is 11.8 Å². The first kappa shape index (κ1) is 19.4. The number of carboxylic acid groups (broad SMARTS) is 1. The number of hydrogen-bond acceptors (Lipinski definition) is 7. The van der Waals surface area contributed by atoms with Gasteiger partial charge in [-0.15, -0.1) is 11.8 Å². The zero-order valence-electron chi connectivity index (χ0n) is 14.8. The van der Waals surface area contributed by atoms with Crippen LogP contribution in [0.5, 0.6) is 0 Å². The predicted molar refractivity (Wildman–Crippen MR) is 94.5 cm³/mol. The molecule has 3 aliphatic rings. The number of carbonyl (C=O) groups is 4. The van der Waals surface area contributed by atoms with Crippen LogP contribution in [0.1, 0.15) is 13.8 Å². The number of aliphatic hydroxyl groups is 1. The number of nitrogens with one attached hydrogen (secondary N) is 2. The second-order valence-electron chi connectivity index (χ2n) is 6.83. The van der Waals surface area contributed by atoms with Crippen LogP contribution in [-0.2, 0) is 19.2 Å². The van der Waals surface area contributed by atoms with E-state index in [2.05, 4.69) is 5.32 Å². The van der Waals surface area contributed by atoms with Crippen molar-refractivity contribution in [3.63, 3.8) is 0 Å². The third-order valence-electron chi connectivity index (χ3n) is 5.00. The Morgan fingerprint density at radius 3 is 2.44 bits per heavy atom. The Kier molecular flexibility index (Phi) is 5.00. The molecule has 3 amide bonds. The largest absolute Gasteiger partial charge is 0.477 e. The van der Waals surface area contributed by atoms with Crippen molar-refractivity contribution in [2.24, 2.45) is 11.8 Å². The monoisotopic (exact) mass is 396 g/mol. The van der Waals surface area contributed by atoms with Crippen LogP contribution in [0.3, 0.4) is 0 Å². The molecule has 2 saturated heterocycles. The fourth-order valence-electron chi connectivity index (χ4n) is 3.78. The molecule has 2 fully saturated rings. The fraction of sp³-hybridized carbons (Fsp3) is 0.562. The molecular formula is C16H20N4O6S. The number of carbonyl (C=O) groups excluding carboxylic acids is 3. The fourth-order valence-corrected chi connectivity index (χ4v) is 4.98. The molecule has 11 heteroatoms. The van der Waals surface area contributed by atoms with Gasteiger partial charge in [-0.1, -0.05) is 6.92 Å². The van der Waals surface area contributed by atoms with E-state index in [4.69, 9.17) is 5.41 Å². The average molecular weight is 396 g/mol. The summed E-state index contributed by atoms with van der Waals surface area (Å²) in [4.78, 5) is 49.9. The maximum Gasteiger partial charge on any atom is 0.353 e. The van der Waals surface area contributed by atoms with Crippen molar-refractivity contribution in [1.29, 1.82) is 5.41 Å². The molecule has 0 bridgehead atoms. The molecular weight excluding hydrogens is 376 g/mol. The lowest BCUT2D eigenvalue weighted by Gasteiger charge is -2.46. The summed E-state index contributed by atoms with van der Waals surface area (Å²) in [6, 6.07) is -0.414. The Balaban J connectivity index is 1.75. The van der Waals surface area contributed by atoms with Crippen molar-refractivity contribution < 1.29 is 29.4 Å². The van der Waals surface area contributed by atoms with Crippen molar-refractivity contribution in [3.05, 3.63) is 10.6 Å². The first-order chi connectivity index (χ1) is 12.6. The lowest BCUT2D eigenvalue weighted by atomic mass is 9.79. The molecule has 0 saturated carbocycles. The summed E-state index contributed by atoms with van der Waals surface area (Å²) in [5.74, 6) is -3.48. The molecule has 3 heterocycles. The van der Waals surface area contributed by atoms with Gasteiger partial charge in [-0.2, -0.15) is 0 Å². The van der Waals surface area contributed by atoms with Gasteiger partial charge < -0.3 is 20.0 Å². The smallest absolute Gasteiger partial charge is 0.353 e. The second kappa shape index (κ2) is 6.97. The topological polar surface area (TPSA) is 151 Å². The maximum atomic E-state index is 12.3. The summed E-state index contributed by atoms with van der Waals surface area (Å²) in [7, 11) is 0. The van der Waals surface area contributed by atoms with Crippen molar-refractivity contribution in [1.82, 2.24) is 15.1 Å². The van der Waals surface area contributed by atoms with E-state index in [1.165, 1.54) is 16.7 Å². The zero-order chi connectivity index (χ0) is 20.0. The minimum Gasteiger partial charge on any atom is -0.477 e. The van der Waals surface area contributed by atoms with Gasteiger partial charge in [0.15, 0.2) is 0 Å². The molecule has 0 aliphatic carbocycles. The number of carboxylic acids is 1. The Morgan fingerprint density at radius 2 is 1.93 bits per heavy atom. The number of rotatable bonds is 5. The number of amides is 3. The zero-order valence-corrected chi connectivity index (χ0v) is 15.6. The predicted octanol–water partition coefficient (Wildman–Crippen LogP) is -1.19. The lowest BCUT2D eigenvalue weighted by molar-refractivity contribution is -0.163. The first-order valence-corrected chi connectivity index (χ1v) is 9.38. The summed E-state index contributed by atoms with van der Waals surface area (Å²) >= 11 is 1.11. The number of imide groups is 1. The minimum atomic E-state index is -1.23. The van der Waals surface area contributed by atoms with E-state index in [1.807, 2.05) is 0 Å². The van der Waals surface area contributed by atoms with Gasteiger partial charge in [-0.25, -0.2) is 4.79 Å². The van der Waals surface area contributed by atoms with Gasteiger partial charge in [-0.3, -0.25) is 25.1 Å². The van der Waals surface area contributed by atoms with Crippen LogP contribution in [0.4, 0.5) is 0 Å². The van der Waals surface area contributed by atoms with E-state index >= 15 is 0 Å². The molecule has 0 spiro atoms. The quantitative estimate of drug-likeness (QED) is 0.196. The number of β-lactam (4-membered cyclic amide) rings is 1. The number of thioether (sulfide) groups is 1. The van der Waals surface area contributed by atoms with Gasteiger partial charge in [0.25, 0.3) is 0 Å². The van der Waals surface area contributed by atoms with E-state index in [1.54, 1.807) is 6.92 Å². The number of hydrogen-bond donors (Lipinski definition) is 4. The minimum absolute atomic E-state index is 0.0280. The summed E-state index contributed by atoms with van der Waals surface area (Å²) in [6.45, 7) is 3.08. The highest BCUT2D eigenvalue weighted by atomic mass is 32.2. The van der Waals surface area contributed by atoms with Crippen LogP contribution >= 0.6 is 11.8 Å². The van der Waals surface area contributed by atoms with Crippen LogP contribution in [-0.4, -0.2) is 80.5 Å². The molecule has 3 aliphatic heterocycles. The number of nitrogens with zero attached hydrogens (tertiary/aromatic N) is 2. The SMILES string of the molecule is C[C@@H](O)[C@H]1C(=O)N2C(C(=O)O)=C(SCC(=N)N3CC(=O)NC(=O)C3)[C@H](C)[C@H]12. The summed E-state index contributed by atoms with van der Waals surface area (Å²) in [6.07, 6.45) is -0.878. The molecule has 0 radical (unpaired) electrons. The Bertz CT molecular complexity index is 763. The van der Waals surface area contributed by atoms with Gasteiger partial charge in [-0.05, 0) is 6.92 Å². The first-order valence-electron chi connectivity index (χ1n) is 8.40. The summed E-state index contributed by atoms with van der Waals surface area (Å²) in [5, 5.41) is 29.7. The van der Waals surface area contributed by atoms with E-state index in [0.29, 0.717) is 4.91 Å². The standard InChI is InChI=1S/C16H20N4O6S/c1-6-12-11(7(2)21)15(24)20(12)13(16(25)26)14(6)27-5-8(17)19-3-9(22)18-10(23)4-19/h6-7,11-12,17,21H,3-5H2,1-2H3,(H,25,26)(H,18,22,23)/t6-,7-,11-,12-/m1/s1. The molecule has 0 aromatic rings. The van der Waals surface area contributed by atoms with Crippen molar-refractivity contribution >= 4 is 41.3 Å². The number of piperazine rings is 1. The Morgan fingerprint density at radius 1 is 1.33 bits per heavy atom. The second-order valence-corrected chi connectivity index (χ2v) is 7.85. The Hall–Kier alpha value is -2.40. The molecule has 27 heavy (non-hydrogen) atoms. The third kappa shape index (κ3) is 3.21. The molecule has 0 unspecified atom stereocenters. The highest BCUT2D eigenvalue weighted by Crippen LogP contribution is 2.50. The van der Waals surface area contributed by atoms with E-state index < -0.39 is 41.8 Å². The van der Waals surface area contributed by atoms with Gasteiger partial charge in [0.05, 0.1) is 36.9 Å². The Labute approximate surface area is 159 Å². The lowest BCUT2D eigenvalue weighted by Crippen LogP contribution is -2.63. The highest BCUT2D eigenvalue weighted by molar-refractivity contribution is 8.03. The number of aliphatic hydroxyl groups excluding tert-OH is 1. The van der Waals surface area contributed by atoms with Crippen molar-refractivity contribution in [2.45, 2.75) is 26.0 Å². The van der Waals surface area contributed by atoms with Crippen molar-refractivity contribution in [3.8, 4) is 0 Å². The van der Waals surface area contributed by atoms with Gasteiger partial charge in [0.1, 0.15) is 11.5 Å². The van der Waals surface area contributed by atoms with Crippen molar-refractivity contribution in [2.75, 3.05) is 18.8 Å². The van der Waals surface area contributed by atoms with Gasteiger partial charge in [0.2, 0.25) is 17.7 Å².